The van der Waals surface area contributed by atoms with Gasteiger partial charge in [-0.15, -0.1) is 0 Å². The van der Waals surface area contributed by atoms with Crippen LogP contribution in [0.2, 0.25) is 0 Å². The number of nitrogens with one attached hydrogen (secondary N) is 2. The molecule has 2 rings (SSSR count). The van der Waals surface area contributed by atoms with Gasteiger partial charge in [0, 0.05) is 30.4 Å². The van der Waals surface area contributed by atoms with E-state index in [9.17, 15) is 0 Å². The number of nitrogens with zero attached hydrogens (tertiary/aromatic N) is 1. The molecule has 4 heteroatoms. The molecule has 0 aromatic carbocycles. The molecule has 0 saturated heterocycles. The molecule has 2 aromatic heterocycles. The van der Waals surface area contributed by atoms with Crippen molar-refractivity contribution in [1.82, 2.24) is 15.3 Å². The molecule has 0 amide bonds. The summed E-state index contributed by atoms with van der Waals surface area (Å²) in [5, 5.41) is 3.29. The molecule has 0 saturated carbocycles. The van der Waals surface area contributed by atoms with Crippen molar-refractivity contribution in [1.29, 1.82) is 0 Å². The largest absolute Gasteiger partial charge is 0.466 e. The monoisotopic (exact) mass is 219 g/mol. The molecule has 0 fully saturated rings. The molecular weight excluding hydrogens is 202 g/mol. The zero-order chi connectivity index (χ0) is 11.5. The number of likely N-dealkylation sites (N-methyl/N-ethyl adjacent to an activating group) is 1. The van der Waals surface area contributed by atoms with Crippen LogP contribution in [-0.2, 0) is 6.42 Å². The first-order valence-electron chi connectivity index (χ1n) is 5.43. The summed E-state index contributed by atoms with van der Waals surface area (Å²) >= 11 is 0. The van der Waals surface area contributed by atoms with Gasteiger partial charge in [0.2, 0.25) is 0 Å². The fraction of sp³-hybridized carbons (Fsp3) is 0.417. The third-order valence-corrected chi connectivity index (χ3v) is 2.76. The second-order valence-electron chi connectivity index (χ2n) is 3.95. The minimum atomic E-state index is 0.239. The lowest BCUT2D eigenvalue weighted by atomic mass is 10.0. The average Bonchev–Trinajstić information content (AvgIpc) is 2.85. The van der Waals surface area contributed by atoms with Gasteiger partial charge in [-0.2, -0.15) is 0 Å². The summed E-state index contributed by atoms with van der Waals surface area (Å²) in [5.41, 5.74) is 1.20. The molecule has 1 unspecified atom stereocenters. The van der Waals surface area contributed by atoms with E-state index in [1.54, 1.807) is 6.20 Å². The van der Waals surface area contributed by atoms with Crippen LogP contribution in [0, 0.1) is 13.8 Å². The van der Waals surface area contributed by atoms with E-state index in [2.05, 4.69) is 21.4 Å². The Kier molecular flexibility index (Phi) is 3.10. The molecule has 2 heterocycles. The predicted molar refractivity (Wildman–Crippen MR) is 62.3 cm³/mol. The van der Waals surface area contributed by atoms with Crippen molar-refractivity contribution in [3.63, 3.8) is 0 Å². The Morgan fingerprint density at radius 3 is 2.81 bits per heavy atom. The van der Waals surface area contributed by atoms with Crippen LogP contribution in [0.25, 0.3) is 0 Å². The second kappa shape index (κ2) is 4.53. The van der Waals surface area contributed by atoms with Crippen LogP contribution in [0.1, 0.15) is 29.0 Å². The van der Waals surface area contributed by atoms with Crippen LogP contribution < -0.4 is 5.32 Å². The summed E-state index contributed by atoms with van der Waals surface area (Å²) in [4.78, 5) is 7.36. The molecule has 0 aliphatic carbocycles. The summed E-state index contributed by atoms with van der Waals surface area (Å²) < 4.78 is 5.55. The third-order valence-electron chi connectivity index (χ3n) is 2.76. The van der Waals surface area contributed by atoms with E-state index in [0.717, 1.165) is 23.8 Å². The van der Waals surface area contributed by atoms with Gasteiger partial charge in [-0.25, -0.2) is 4.98 Å². The van der Waals surface area contributed by atoms with E-state index >= 15 is 0 Å². The van der Waals surface area contributed by atoms with Gasteiger partial charge in [0.25, 0.3) is 0 Å². The van der Waals surface area contributed by atoms with Crippen molar-refractivity contribution in [3.8, 4) is 0 Å². The number of imidazole rings is 1. The van der Waals surface area contributed by atoms with Crippen LogP contribution in [0.15, 0.2) is 22.9 Å². The Morgan fingerprint density at radius 1 is 1.50 bits per heavy atom. The molecule has 1 atom stereocenters. The van der Waals surface area contributed by atoms with Crippen molar-refractivity contribution in [2.24, 2.45) is 0 Å². The first kappa shape index (κ1) is 11.0. The van der Waals surface area contributed by atoms with Crippen molar-refractivity contribution >= 4 is 0 Å². The smallest absolute Gasteiger partial charge is 0.107 e. The molecule has 86 valence electrons. The topological polar surface area (TPSA) is 53.9 Å². The summed E-state index contributed by atoms with van der Waals surface area (Å²) in [6.07, 6.45) is 4.45. The van der Waals surface area contributed by atoms with Crippen LogP contribution in [-0.4, -0.2) is 17.0 Å². The third kappa shape index (κ3) is 2.17. The first-order valence-corrected chi connectivity index (χ1v) is 5.43. The summed E-state index contributed by atoms with van der Waals surface area (Å²) in [6, 6.07) is 2.32. The molecule has 0 aliphatic heterocycles. The lowest BCUT2D eigenvalue weighted by molar-refractivity contribution is 0.489. The van der Waals surface area contributed by atoms with E-state index < -0.39 is 0 Å². The Balaban J connectivity index is 2.19. The number of hydrogen-bond donors (Lipinski definition) is 2. The van der Waals surface area contributed by atoms with Crippen molar-refractivity contribution in [3.05, 3.63) is 41.4 Å². The zero-order valence-corrected chi connectivity index (χ0v) is 9.87. The Bertz CT molecular complexity index is 445. The number of aromatic nitrogens is 2. The number of furan rings is 1. The molecule has 0 spiro atoms. The highest BCUT2D eigenvalue weighted by atomic mass is 16.3. The van der Waals surface area contributed by atoms with Gasteiger partial charge in [-0.05, 0) is 27.0 Å². The molecular formula is C12H17N3O. The van der Waals surface area contributed by atoms with Gasteiger partial charge >= 0.3 is 0 Å². The summed E-state index contributed by atoms with van der Waals surface area (Å²) in [7, 11) is 1.95. The van der Waals surface area contributed by atoms with Gasteiger partial charge in [0.1, 0.15) is 17.3 Å². The second-order valence-corrected chi connectivity index (χ2v) is 3.95. The highest BCUT2D eigenvalue weighted by molar-refractivity contribution is 5.24. The maximum atomic E-state index is 5.55. The van der Waals surface area contributed by atoms with E-state index in [4.69, 9.17) is 4.42 Å². The fourth-order valence-corrected chi connectivity index (χ4v) is 1.97. The van der Waals surface area contributed by atoms with Crippen LogP contribution in [0.4, 0.5) is 0 Å². The molecule has 0 bridgehead atoms. The van der Waals surface area contributed by atoms with Crippen molar-refractivity contribution in [2.45, 2.75) is 26.3 Å². The van der Waals surface area contributed by atoms with Gasteiger partial charge in [-0.1, -0.05) is 0 Å². The molecule has 2 N–H and O–H groups in total. The molecule has 4 nitrogen and oxygen atoms in total. The van der Waals surface area contributed by atoms with Crippen LogP contribution in [0.3, 0.4) is 0 Å². The van der Waals surface area contributed by atoms with Crippen molar-refractivity contribution < 1.29 is 4.42 Å². The maximum absolute atomic E-state index is 5.55. The van der Waals surface area contributed by atoms with Gasteiger partial charge < -0.3 is 14.7 Å². The molecule has 0 radical (unpaired) electrons. The average molecular weight is 219 g/mol. The molecule has 0 aliphatic rings. The lowest BCUT2D eigenvalue weighted by Gasteiger charge is -2.13. The highest BCUT2D eigenvalue weighted by Crippen LogP contribution is 2.23. The van der Waals surface area contributed by atoms with E-state index in [1.807, 2.05) is 27.1 Å². The normalized spacial score (nSPS) is 12.9. The standard InChI is InChI=1S/C12H17N3O/c1-8-6-10(9(2)16-8)11(13-3)7-12-14-4-5-15-12/h4-6,11,13H,7H2,1-3H3,(H,14,15). The SMILES string of the molecule is CNC(Cc1ncc[nH]1)c1cc(C)oc1C. The van der Waals surface area contributed by atoms with Crippen LogP contribution in [0.5, 0.6) is 0 Å². The fourth-order valence-electron chi connectivity index (χ4n) is 1.97. The maximum Gasteiger partial charge on any atom is 0.107 e. The highest BCUT2D eigenvalue weighted by Gasteiger charge is 2.16. The van der Waals surface area contributed by atoms with E-state index in [0.29, 0.717) is 0 Å². The van der Waals surface area contributed by atoms with Gasteiger partial charge in [-0.3, -0.25) is 0 Å². The zero-order valence-electron chi connectivity index (χ0n) is 9.87. The van der Waals surface area contributed by atoms with Crippen molar-refractivity contribution in [2.75, 3.05) is 7.05 Å². The van der Waals surface area contributed by atoms with E-state index in [1.165, 1.54) is 5.56 Å². The minimum absolute atomic E-state index is 0.239. The predicted octanol–water partition coefficient (Wildman–Crippen LogP) is 2.12. The summed E-state index contributed by atoms with van der Waals surface area (Å²) in [5.74, 6) is 2.91. The Morgan fingerprint density at radius 2 is 2.31 bits per heavy atom. The summed E-state index contributed by atoms with van der Waals surface area (Å²) in [6.45, 7) is 3.96. The Hall–Kier alpha value is -1.55. The number of H-pyrrole nitrogens is 1. The van der Waals surface area contributed by atoms with Gasteiger partial charge in [0.15, 0.2) is 0 Å². The number of aromatic amines is 1. The van der Waals surface area contributed by atoms with Gasteiger partial charge in [0.05, 0.1) is 0 Å². The number of rotatable bonds is 4. The molecule has 2 aromatic rings. The lowest BCUT2D eigenvalue weighted by Crippen LogP contribution is -2.19. The molecule has 16 heavy (non-hydrogen) atoms. The van der Waals surface area contributed by atoms with Crippen LogP contribution >= 0.6 is 0 Å². The quantitative estimate of drug-likeness (QED) is 0.828. The number of aryl methyl sites for hydroxylation is 2. The first-order chi connectivity index (χ1) is 7.70. The number of hydrogen-bond acceptors (Lipinski definition) is 3. The Labute approximate surface area is 95.1 Å². The van der Waals surface area contributed by atoms with E-state index in [-0.39, 0.29) is 6.04 Å². The minimum Gasteiger partial charge on any atom is -0.466 e.